The van der Waals surface area contributed by atoms with Crippen LogP contribution in [0.3, 0.4) is 0 Å². The maximum atomic E-state index is 11.7. The van der Waals surface area contributed by atoms with Gasteiger partial charge >= 0.3 is 18.0 Å². The molecule has 0 aliphatic carbocycles. The summed E-state index contributed by atoms with van der Waals surface area (Å²) < 4.78 is 14.4. The third-order valence-corrected chi connectivity index (χ3v) is 2.10. The quantitative estimate of drug-likeness (QED) is 0.468. The summed E-state index contributed by atoms with van der Waals surface area (Å²) in [5.74, 6) is -1.29. The molecule has 0 spiro atoms. The number of amides is 1. The molecule has 0 aromatic carbocycles. The number of rotatable bonds is 5. The third kappa shape index (κ3) is 7.79. The highest BCUT2D eigenvalue weighted by molar-refractivity contribution is 5.84. The Morgan fingerprint density at radius 2 is 1.86 bits per heavy atom. The van der Waals surface area contributed by atoms with E-state index in [2.05, 4.69) is 22.4 Å². The second kappa shape index (κ2) is 8.11. The summed E-state index contributed by atoms with van der Waals surface area (Å²) in [7, 11) is 1.17. The molecule has 1 unspecified atom stereocenters. The minimum Gasteiger partial charge on any atom is -0.467 e. The summed E-state index contributed by atoms with van der Waals surface area (Å²) in [6.07, 6.45) is -0.812. The smallest absolute Gasteiger partial charge is 0.408 e. The molecule has 1 N–H and O–H groups in total. The van der Waals surface area contributed by atoms with Gasteiger partial charge in [-0.3, -0.25) is 4.79 Å². The Balaban J connectivity index is 5.03. The molecule has 0 aliphatic heterocycles. The molecule has 1 amide bonds. The van der Waals surface area contributed by atoms with E-state index in [1.54, 1.807) is 20.8 Å². The summed E-state index contributed by atoms with van der Waals surface area (Å²) in [5, 5.41) is 2.33. The van der Waals surface area contributed by atoms with Crippen molar-refractivity contribution in [3.8, 4) is 0 Å². The van der Waals surface area contributed by atoms with Crippen LogP contribution in [-0.4, -0.2) is 43.4 Å². The van der Waals surface area contributed by atoms with Gasteiger partial charge in [0.05, 0.1) is 7.11 Å². The Bertz CT molecular complexity index is 457. The molecule has 0 aromatic heterocycles. The minimum atomic E-state index is -1.19. The van der Waals surface area contributed by atoms with E-state index in [4.69, 9.17) is 9.47 Å². The van der Waals surface area contributed by atoms with Crippen molar-refractivity contribution in [3.63, 3.8) is 0 Å². The van der Waals surface area contributed by atoms with Crippen molar-refractivity contribution in [1.29, 1.82) is 0 Å². The first-order valence-corrected chi connectivity index (χ1v) is 6.20. The molecule has 0 saturated carbocycles. The van der Waals surface area contributed by atoms with E-state index in [0.29, 0.717) is 0 Å². The second-order valence-corrected chi connectivity index (χ2v) is 5.08. The Labute approximate surface area is 123 Å². The van der Waals surface area contributed by atoms with Crippen molar-refractivity contribution in [2.24, 2.45) is 0 Å². The van der Waals surface area contributed by atoms with Crippen molar-refractivity contribution >= 4 is 18.0 Å². The van der Waals surface area contributed by atoms with Crippen LogP contribution in [-0.2, 0) is 23.8 Å². The Morgan fingerprint density at radius 1 is 1.29 bits per heavy atom. The van der Waals surface area contributed by atoms with E-state index in [1.165, 1.54) is 14.0 Å². The van der Waals surface area contributed by atoms with Crippen molar-refractivity contribution in [1.82, 2.24) is 5.32 Å². The van der Waals surface area contributed by atoms with E-state index in [9.17, 15) is 14.4 Å². The number of esters is 2. The zero-order chi connectivity index (χ0) is 16.6. The van der Waals surface area contributed by atoms with Crippen molar-refractivity contribution < 1.29 is 28.6 Å². The third-order valence-electron chi connectivity index (χ3n) is 2.10. The van der Waals surface area contributed by atoms with Gasteiger partial charge in [-0.2, -0.15) is 0 Å². The number of hydrogen-bond donors (Lipinski definition) is 1. The van der Waals surface area contributed by atoms with Crippen LogP contribution in [0.5, 0.6) is 0 Å². The molecule has 0 bridgehead atoms. The van der Waals surface area contributed by atoms with Gasteiger partial charge < -0.3 is 19.5 Å². The lowest BCUT2D eigenvalue weighted by molar-refractivity contribution is -0.144. The number of alkyl carbamates (subject to hydrolysis) is 1. The predicted octanol–water partition coefficient (Wildman–Crippen LogP) is 1.33. The van der Waals surface area contributed by atoms with Gasteiger partial charge in [-0.15, -0.1) is 5.73 Å². The Morgan fingerprint density at radius 3 is 2.24 bits per heavy atom. The fourth-order valence-electron chi connectivity index (χ4n) is 1.25. The first-order valence-electron chi connectivity index (χ1n) is 6.20. The molecule has 21 heavy (non-hydrogen) atoms. The normalized spacial score (nSPS) is 11.7. The molecule has 0 aromatic rings. The molecule has 0 fully saturated rings. The highest BCUT2D eigenvalue weighted by Gasteiger charge is 2.28. The van der Waals surface area contributed by atoms with Gasteiger partial charge in [-0.25, -0.2) is 9.59 Å². The minimum absolute atomic E-state index is 0.155. The Hall–Kier alpha value is -2.27. The molecule has 118 valence electrons. The van der Waals surface area contributed by atoms with Crippen LogP contribution >= 0.6 is 0 Å². The summed E-state index contributed by atoms with van der Waals surface area (Å²) in [4.78, 5) is 34.3. The lowest BCUT2D eigenvalue weighted by atomic mass is 10.1. The maximum Gasteiger partial charge on any atom is 0.408 e. The van der Waals surface area contributed by atoms with Crippen LogP contribution in [0.4, 0.5) is 4.79 Å². The van der Waals surface area contributed by atoms with E-state index in [0.717, 1.165) is 0 Å². The first kappa shape index (κ1) is 18.7. The van der Waals surface area contributed by atoms with Crippen LogP contribution < -0.4 is 5.32 Å². The van der Waals surface area contributed by atoms with Gasteiger partial charge in [0.1, 0.15) is 12.2 Å². The van der Waals surface area contributed by atoms with E-state index < -0.39 is 29.7 Å². The summed E-state index contributed by atoms with van der Waals surface area (Å²) >= 11 is 0. The average Bonchev–Trinajstić information content (AvgIpc) is 2.34. The largest absolute Gasteiger partial charge is 0.467 e. The zero-order valence-corrected chi connectivity index (χ0v) is 12.9. The number of carbonyl (C=O) groups excluding carboxylic acids is 3. The van der Waals surface area contributed by atoms with Crippen molar-refractivity contribution in [2.45, 2.75) is 39.3 Å². The zero-order valence-electron chi connectivity index (χ0n) is 12.9. The van der Waals surface area contributed by atoms with E-state index >= 15 is 0 Å². The molecule has 0 radical (unpaired) electrons. The lowest BCUT2D eigenvalue weighted by Crippen LogP contribution is -2.45. The fraction of sp³-hybridized carbons (Fsp3) is 0.571. The topological polar surface area (TPSA) is 90.9 Å². The number of nitrogens with one attached hydrogen (secondary N) is 1. The molecule has 0 heterocycles. The van der Waals surface area contributed by atoms with Crippen LogP contribution in [0.2, 0.25) is 0 Å². The molecule has 0 saturated heterocycles. The molecule has 1 atom stereocenters. The Kier molecular flexibility index (Phi) is 7.24. The van der Waals surface area contributed by atoms with Crippen molar-refractivity contribution in [2.75, 3.05) is 13.7 Å². The van der Waals surface area contributed by atoms with Gasteiger partial charge in [0.25, 0.3) is 0 Å². The van der Waals surface area contributed by atoms with Gasteiger partial charge in [0.2, 0.25) is 0 Å². The summed E-state index contributed by atoms with van der Waals surface area (Å²) in [6.45, 7) is 9.43. The maximum absolute atomic E-state index is 11.7. The van der Waals surface area contributed by atoms with Crippen LogP contribution in [0.15, 0.2) is 17.9 Å². The van der Waals surface area contributed by atoms with Crippen molar-refractivity contribution in [3.05, 3.63) is 17.9 Å². The molecule has 7 heteroatoms. The van der Waals surface area contributed by atoms with Gasteiger partial charge in [0, 0.05) is 12.5 Å². The number of carbonyl (C=O) groups is 3. The molecular formula is C14H21NO6. The van der Waals surface area contributed by atoms with E-state index in [-0.39, 0.29) is 12.2 Å². The van der Waals surface area contributed by atoms with Crippen LogP contribution in [0.1, 0.15) is 27.7 Å². The van der Waals surface area contributed by atoms with Gasteiger partial charge in [0.15, 0.2) is 6.04 Å². The molecule has 0 aliphatic rings. The number of methoxy groups -OCH3 is 1. The van der Waals surface area contributed by atoms with E-state index in [1.807, 2.05) is 0 Å². The standard InChI is InChI=1S/C14H21NO6/c1-7-10(8-20-9(2)16)11(12(17)19-6)15-13(18)21-14(3,4)5/h11H,1,8H2,2-6H3,(H,15,18). The van der Waals surface area contributed by atoms with Crippen LogP contribution in [0, 0.1) is 0 Å². The highest BCUT2D eigenvalue weighted by Crippen LogP contribution is 2.09. The number of hydrogen-bond acceptors (Lipinski definition) is 6. The highest BCUT2D eigenvalue weighted by atomic mass is 16.6. The lowest BCUT2D eigenvalue weighted by Gasteiger charge is -2.23. The fourth-order valence-corrected chi connectivity index (χ4v) is 1.25. The summed E-state index contributed by atoms with van der Waals surface area (Å²) in [5.41, 5.74) is 1.89. The summed E-state index contributed by atoms with van der Waals surface area (Å²) in [6, 6.07) is -1.19. The molecular weight excluding hydrogens is 278 g/mol. The monoisotopic (exact) mass is 299 g/mol. The van der Waals surface area contributed by atoms with Gasteiger partial charge in [-0.05, 0) is 20.8 Å². The first-order chi connectivity index (χ1) is 9.60. The average molecular weight is 299 g/mol. The molecule has 0 rings (SSSR count). The van der Waals surface area contributed by atoms with Gasteiger partial charge in [-0.1, -0.05) is 6.58 Å². The second-order valence-electron chi connectivity index (χ2n) is 5.08. The molecule has 7 nitrogen and oxygen atoms in total. The number of ether oxygens (including phenoxy) is 3. The SMILES string of the molecule is C=C=C(COC(C)=O)C(NC(=O)OC(C)(C)C)C(=O)OC. The predicted molar refractivity (Wildman–Crippen MR) is 74.5 cm³/mol. The van der Waals surface area contributed by atoms with Crippen LogP contribution in [0.25, 0.3) is 0 Å².